The fourth-order valence-electron chi connectivity index (χ4n) is 2.11. The second kappa shape index (κ2) is 4.74. The lowest BCUT2D eigenvalue weighted by atomic mass is 9.93. The molecule has 1 saturated heterocycles. The lowest BCUT2D eigenvalue weighted by Crippen LogP contribution is -2.51. The molecule has 1 rings (SSSR count). The molecule has 0 aliphatic carbocycles. The fraction of sp³-hybridized carbons (Fsp3) is 0.923. The van der Waals surface area contributed by atoms with E-state index in [-0.39, 0.29) is 11.3 Å². The van der Waals surface area contributed by atoms with Gasteiger partial charge in [0.2, 0.25) is 5.91 Å². The van der Waals surface area contributed by atoms with E-state index in [1.54, 1.807) is 0 Å². The van der Waals surface area contributed by atoms with Crippen molar-refractivity contribution in [1.29, 1.82) is 0 Å². The molecule has 0 aromatic carbocycles. The third-order valence-corrected chi connectivity index (χ3v) is 3.23. The first-order valence-electron chi connectivity index (χ1n) is 6.33. The molecule has 1 heterocycles. The molecule has 0 aromatic heterocycles. The molecule has 1 aliphatic rings. The lowest BCUT2D eigenvalue weighted by Gasteiger charge is -2.30. The Labute approximate surface area is 99.6 Å². The molecule has 0 saturated carbocycles. The van der Waals surface area contributed by atoms with Crippen LogP contribution in [0.3, 0.4) is 0 Å². The van der Waals surface area contributed by atoms with Gasteiger partial charge in [-0.1, -0.05) is 27.2 Å². The van der Waals surface area contributed by atoms with Gasteiger partial charge in [0.15, 0.2) is 0 Å². The summed E-state index contributed by atoms with van der Waals surface area (Å²) in [4.78, 5) is 14.4. The third-order valence-electron chi connectivity index (χ3n) is 3.23. The Morgan fingerprint density at radius 1 is 1.31 bits per heavy atom. The molecule has 1 fully saturated rings. The van der Waals surface area contributed by atoms with Crippen molar-refractivity contribution in [2.75, 3.05) is 19.6 Å². The van der Waals surface area contributed by atoms with Gasteiger partial charge in [0.1, 0.15) is 0 Å². The molecule has 0 bridgehead atoms. The molecule has 0 radical (unpaired) electrons. The number of carbonyl (C=O) groups excluding carboxylic acids is 1. The summed E-state index contributed by atoms with van der Waals surface area (Å²) in [5.74, 6) is 0.242. The summed E-state index contributed by atoms with van der Waals surface area (Å²) in [6, 6.07) is 0. The van der Waals surface area contributed by atoms with Gasteiger partial charge >= 0.3 is 0 Å². The van der Waals surface area contributed by atoms with Gasteiger partial charge in [-0.3, -0.25) is 4.79 Å². The van der Waals surface area contributed by atoms with Gasteiger partial charge in [-0.25, -0.2) is 0 Å². The quantitative estimate of drug-likeness (QED) is 0.798. The standard InChI is InChI=1S/C13H26N2O/c1-6-7-8-15-10-12(2,3)9-14-13(4,5)11(15)16/h14H,6-10H2,1-5H3. The van der Waals surface area contributed by atoms with Gasteiger partial charge in [0.25, 0.3) is 0 Å². The Kier molecular flexibility index (Phi) is 4.00. The van der Waals surface area contributed by atoms with Crippen LogP contribution in [0.2, 0.25) is 0 Å². The molecule has 3 nitrogen and oxygen atoms in total. The van der Waals surface area contributed by atoms with E-state index in [9.17, 15) is 4.79 Å². The number of nitrogens with zero attached hydrogens (tertiary/aromatic N) is 1. The van der Waals surface area contributed by atoms with Crippen molar-refractivity contribution in [3.8, 4) is 0 Å². The molecule has 16 heavy (non-hydrogen) atoms. The van der Waals surface area contributed by atoms with E-state index < -0.39 is 5.54 Å². The first-order chi connectivity index (χ1) is 7.28. The average molecular weight is 226 g/mol. The first-order valence-corrected chi connectivity index (χ1v) is 6.33. The van der Waals surface area contributed by atoms with E-state index in [0.29, 0.717) is 0 Å². The van der Waals surface area contributed by atoms with Crippen LogP contribution in [-0.4, -0.2) is 36.0 Å². The van der Waals surface area contributed by atoms with Crippen molar-refractivity contribution >= 4 is 5.91 Å². The van der Waals surface area contributed by atoms with Crippen molar-refractivity contribution in [2.45, 2.75) is 53.0 Å². The van der Waals surface area contributed by atoms with Gasteiger partial charge in [0, 0.05) is 19.6 Å². The van der Waals surface area contributed by atoms with Gasteiger partial charge in [-0.05, 0) is 25.7 Å². The molecule has 0 aromatic rings. The maximum Gasteiger partial charge on any atom is 0.242 e. The van der Waals surface area contributed by atoms with Gasteiger partial charge in [0.05, 0.1) is 5.54 Å². The second-order valence-electron chi connectivity index (χ2n) is 6.22. The van der Waals surface area contributed by atoms with E-state index in [1.165, 1.54) is 0 Å². The lowest BCUT2D eigenvalue weighted by molar-refractivity contribution is -0.136. The van der Waals surface area contributed by atoms with Gasteiger partial charge in [-0.15, -0.1) is 0 Å². The highest BCUT2D eigenvalue weighted by molar-refractivity contribution is 5.85. The molecule has 0 unspecified atom stereocenters. The summed E-state index contributed by atoms with van der Waals surface area (Å²) in [5.41, 5.74) is -0.251. The van der Waals surface area contributed by atoms with Crippen LogP contribution in [0.4, 0.5) is 0 Å². The predicted molar refractivity (Wildman–Crippen MR) is 67.4 cm³/mol. The van der Waals surface area contributed by atoms with Crippen LogP contribution in [0.5, 0.6) is 0 Å². The number of carbonyl (C=O) groups is 1. The molecule has 1 amide bonds. The van der Waals surface area contributed by atoms with Crippen LogP contribution < -0.4 is 5.32 Å². The molecule has 0 spiro atoms. The predicted octanol–water partition coefficient (Wildman–Crippen LogP) is 2.02. The van der Waals surface area contributed by atoms with Crippen molar-refractivity contribution in [3.05, 3.63) is 0 Å². The Hall–Kier alpha value is -0.570. The van der Waals surface area contributed by atoms with Crippen LogP contribution >= 0.6 is 0 Å². The van der Waals surface area contributed by atoms with Crippen molar-refractivity contribution in [2.24, 2.45) is 5.41 Å². The summed E-state index contributed by atoms with van der Waals surface area (Å²) in [5, 5.41) is 3.38. The monoisotopic (exact) mass is 226 g/mol. The molecule has 3 heteroatoms. The minimum atomic E-state index is -0.415. The summed E-state index contributed by atoms with van der Waals surface area (Å²) in [6.07, 6.45) is 2.23. The Morgan fingerprint density at radius 3 is 2.50 bits per heavy atom. The molecule has 0 atom stereocenters. The summed E-state index contributed by atoms with van der Waals surface area (Å²) < 4.78 is 0. The minimum absolute atomic E-state index is 0.164. The van der Waals surface area contributed by atoms with E-state index in [2.05, 4.69) is 26.1 Å². The highest BCUT2D eigenvalue weighted by Crippen LogP contribution is 2.23. The topological polar surface area (TPSA) is 32.3 Å². The number of rotatable bonds is 3. The maximum atomic E-state index is 12.3. The van der Waals surface area contributed by atoms with Gasteiger partial charge in [-0.2, -0.15) is 0 Å². The number of unbranched alkanes of at least 4 members (excludes halogenated alkanes) is 1. The average Bonchev–Trinajstić information content (AvgIpc) is 2.26. The van der Waals surface area contributed by atoms with Crippen LogP contribution in [0.15, 0.2) is 0 Å². The number of hydrogen-bond donors (Lipinski definition) is 1. The van der Waals surface area contributed by atoms with E-state index in [4.69, 9.17) is 0 Å². The second-order valence-corrected chi connectivity index (χ2v) is 6.22. The zero-order chi connectivity index (χ0) is 12.4. The van der Waals surface area contributed by atoms with Gasteiger partial charge < -0.3 is 10.2 Å². The van der Waals surface area contributed by atoms with Crippen molar-refractivity contribution in [1.82, 2.24) is 10.2 Å². The van der Waals surface area contributed by atoms with E-state index >= 15 is 0 Å². The zero-order valence-electron chi connectivity index (χ0n) is 11.4. The first kappa shape index (κ1) is 13.5. The highest BCUT2D eigenvalue weighted by Gasteiger charge is 2.38. The van der Waals surface area contributed by atoms with Crippen LogP contribution in [0.1, 0.15) is 47.5 Å². The van der Waals surface area contributed by atoms with Crippen LogP contribution in [-0.2, 0) is 4.79 Å². The van der Waals surface area contributed by atoms with E-state index in [0.717, 1.165) is 32.5 Å². The Morgan fingerprint density at radius 2 is 1.94 bits per heavy atom. The maximum absolute atomic E-state index is 12.3. The minimum Gasteiger partial charge on any atom is -0.341 e. The molecular formula is C13H26N2O. The number of nitrogens with one attached hydrogen (secondary N) is 1. The molecule has 1 aliphatic heterocycles. The normalized spacial score (nSPS) is 24.3. The van der Waals surface area contributed by atoms with Crippen LogP contribution in [0, 0.1) is 5.41 Å². The number of amides is 1. The third kappa shape index (κ3) is 3.21. The summed E-state index contributed by atoms with van der Waals surface area (Å²) in [7, 11) is 0. The Bertz CT molecular complexity index is 259. The fourth-order valence-corrected chi connectivity index (χ4v) is 2.11. The van der Waals surface area contributed by atoms with Crippen molar-refractivity contribution < 1.29 is 4.79 Å². The largest absolute Gasteiger partial charge is 0.341 e. The SMILES string of the molecule is CCCCN1CC(C)(C)CNC(C)(C)C1=O. The van der Waals surface area contributed by atoms with Crippen LogP contribution in [0.25, 0.3) is 0 Å². The van der Waals surface area contributed by atoms with E-state index in [1.807, 2.05) is 18.7 Å². The zero-order valence-corrected chi connectivity index (χ0v) is 11.4. The van der Waals surface area contributed by atoms with Crippen molar-refractivity contribution in [3.63, 3.8) is 0 Å². The smallest absolute Gasteiger partial charge is 0.242 e. The molecule has 94 valence electrons. The highest BCUT2D eigenvalue weighted by atomic mass is 16.2. The number of hydrogen-bond acceptors (Lipinski definition) is 2. The molecular weight excluding hydrogens is 200 g/mol. The summed E-state index contributed by atoms with van der Waals surface area (Å²) >= 11 is 0. The summed E-state index contributed by atoms with van der Waals surface area (Å²) in [6.45, 7) is 13.2. The molecule has 1 N–H and O–H groups in total. The Balaban J connectivity index is 2.81.